The number of benzene rings is 1. The van der Waals surface area contributed by atoms with E-state index in [0.29, 0.717) is 15.6 Å². The summed E-state index contributed by atoms with van der Waals surface area (Å²) in [6, 6.07) is 4.57. The Balaban J connectivity index is 2.12. The number of hydrogen-bond donors (Lipinski definition) is 0. The van der Waals surface area contributed by atoms with Crippen LogP contribution < -0.4 is 0 Å². The van der Waals surface area contributed by atoms with Gasteiger partial charge in [-0.3, -0.25) is 0 Å². The number of ether oxygens (including phenoxy) is 1. The second kappa shape index (κ2) is 6.27. The molecule has 1 fully saturated rings. The minimum absolute atomic E-state index is 0.0619. The number of rotatable bonds is 4. The molecule has 24 heavy (non-hydrogen) atoms. The third kappa shape index (κ3) is 3.04. The molecule has 0 saturated carbocycles. The molecule has 7 nitrogen and oxygen atoms in total. The summed E-state index contributed by atoms with van der Waals surface area (Å²) in [7, 11) is -3.44. The maximum Gasteiger partial charge on any atom is 0.213 e. The zero-order valence-corrected chi connectivity index (χ0v) is 15.4. The van der Waals surface area contributed by atoms with Crippen LogP contribution in [0.5, 0.6) is 0 Å². The molecule has 2 heterocycles. The van der Waals surface area contributed by atoms with Crippen molar-refractivity contribution in [3.63, 3.8) is 0 Å². The van der Waals surface area contributed by atoms with E-state index in [1.165, 1.54) is 10.6 Å². The van der Waals surface area contributed by atoms with Crippen molar-refractivity contribution in [2.45, 2.75) is 25.1 Å². The zero-order chi connectivity index (χ0) is 17.5. The Kier molecular flexibility index (Phi) is 4.61. The topological polar surface area (TPSA) is 77.3 Å². The van der Waals surface area contributed by atoms with E-state index in [-0.39, 0.29) is 13.3 Å². The summed E-state index contributed by atoms with van der Waals surface area (Å²) in [5, 5.41) is 5.01. The van der Waals surface area contributed by atoms with Gasteiger partial charge >= 0.3 is 0 Å². The Morgan fingerprint density at radius 2 is 2.17 bits per heavy atom. The first-order valence-corrected chi connectivity index (χ1v) is 9.73. The van der Waals surface area contributed by atoms with Gasteiger partial charge < -0.3 is 4.74 Å². The van der Waals surface area contributed by atoms with Crippen LogP contribution in [-0.4, -0.2) is 46.5 Å². The van der Waals surface area contributed by atoms with Crippen molar-refractivity contribution < 1.29 is 13.2 Å². The molecule has 1 saturated heterocycles. The Morgan fingerprint density at radius 1 is 1.42 bits per heavy atom. The van der Waals surface area contributed by atoms with Crippen LogP contribution >= 0.6 is 23.2 Å². The van der Waals surface area contributed by atoms with Crippen LogP contribution in [0.15, 0.2) is 30.9 Å². The van der Waals surface area contributed by atoms with Crippen LogP contribution in [0.1, 0.15) is 12.5 Å². The van der Waals surface area contributed by atoms with E-state index in [0.717, 1.165) is 6.26 Å². The van der Waals surface area contributed by atoms with Gasteiger partial charge in [-0.2, -0.15) is 9.40 Å². The molecule has 1 aromatic heterocycles. The Labute approximate surface area is 150 Å². The molecule has 0 radical (unpaired) electrons. The van der Waals surface area contributed by atoms with E-state index in [1.807, 2.05) is 0 Å². The van der Waals surface area contributed by atoms with Crippen molar-refractivity contribution in [1.82, 2.24) is 19.1 Å². The highest BCUT2D eigenvalue weighted by Gasteiger charge is 2.52. The largest absolute Gasteiger partial charge is 0.350 e. The first kappa shape index (κ1) is 17.6. The highest BCUT2D eigenvalue weighted by Crippen LogP contribution is 2.43. The van der Waals surface area contributed by atoms with E-state index in [9.17, 15) is 8.42 Å². The molecule has 1 aromatic carbocycles. The number of hydrogen-bond acceptors (Lipinski definition) is 5. The molecule has 1 aliphatic rings. The lowest BCUT2D eigenvalue weighted by molar-refractivity contribution is -0.0243. The Bertz CT molecular complexity index is 844. The minimum atomic E-state index is -3.44. The predicted molar refractivity (Wildman–Crippen MR) is 90.3 cm³/mol. The third-order valence-corrected chi connectivity index (χ3v) is 6.05. The SMILES string of the molecule is CC1N(S(C)(=O)=O)COC1(Cn1cncn1)c1ccc(Cl)cc1Cl. The molecule has 1 aliphatic heterocycles. The fraction of sp³-hybridized carbons (Fsp3) is 0.429. The van der Waals surface area contributed by atoms with Crippen molar-refractivity contribution in [2.75, 3.05) is 13.0 Å². The second-order valence-corrected chi connectivity index (χ2v) is 8.48. The molecule has 0 spiro atoms. The smallest absolute Gasteiger partial charge is 0.213 e. The van der Waals surface area contributed by atoms with E-state index in [2.05, 4.69) is 10.1 Å². The van der Waals surface area contributed by atoms with E-state index < -0.39 is 21.7 Å². The molecule has 3 rings (SSSR count). The predicted octanol–water partition coefficient (Wildman–Crippen LogP) is 2.12. The molecule has 0 N–H and O–H groups in total. The molecule has 0 amide bonds. The van der Waals surface area contributed by atoms with Crippen LogP contribution in [0.25, 0.3) is 0 Å². The summed E-state index contributed by atoms with van der Waals surface area (Å²) in [5.41, 5.74) is -0.346. The van der Waals surface area contributed by atoms with Gasteiger partial charge in [-0.05, 0) is 19.1 Å². The van der Waals surface area contributed by atoms with Crippen LogP contribution in [0, 0.1) is 0 Å². The normalized spacial score (nSPS) is 25.2. The quantitative estimate of drug-likeness (QED) is 0.798. The second-order valence-electron chi connectivity index (χ2n) is 5.71. The Morgan fingerprint density at radius 3 is 2.71 bits per heavy atom. The molecular weight excluding hydrogens is 375 g/mol. The molecule has 2 aromatic rings. The summed E-state index contributed by atoms with van der Waals surface area (Å²) >= 11 is 12.4. The summed E-state index contributed by atoms with van der Waals surface area (Å²) in [5.74, 6) is 0. The molecule has 2 unspecified atom stereocenters. The van der Waals surface area contributed by atoms with Crippen molar-refractivity contribution >= 4 is 33.2 Å². The summed E-state index contributed by atoms with van der Waals surface area (Å²) in [6.45, 7) is 1.99. The van der Waals surface area contributed by atoms with Gasteiger partial charge in [-0.1, -0.05) is 29.3 Å². The van der Waals surface area contributed by atoms with Gasteiger partial charge in [0.05, 0.1) is 18.8 Å². The fourth-order valence-corrected chi connectivity index (χ4v) is 4.54. The lowest BCUT2D eigenvalue weighted by Gasteiger charge is -2.34. The monoisotopic (exact) mass is 390 g/mol. The highest BCUT2D eigenvalue weighted by molar-refractivity contribution is 7.88. The van der Waals surface area contributed by atoms with Gasteiger partial charge in [0.15, 0.2) is 0 Å². The van der Waals surface area contributed by atoms with Crippen LogP contribution in [0.2, 0.25) is 10.0 Å². The first-order chi connectivity index (χ1) is 11.2. The lowest BCUT2D eigenvalue weighted by atomic mass is 9.87. The van der Waals surface area contributed by atoms with Gasteiger partial charge in [0.1, 0.15) is 25.0 Å². The molecule has 10 heteroatoms. The Hall–Kier alpha value is -1.19. The van der Waals surface area contributed by atoms with Gasteiger partial charge in [-0.15, -0.1) is 0 Å². The van der Waals surface area contributed by atoms with Crippen molar-refractivity contribution in [3.05, 3.63) is 46.5 Å². The van der Waals surface area contributed by atoms with E-state index in [1.54, 1.807) is 36.1 Å². The zero-order valence-electron chi connectivity index (χ0n) is 13.1. The van der Waals surface area contributed by atoms with Crippen LogP contribution in [-0.2, 0) is 26.9 Å². The van der Waals surface area contributed by atoms with Crippen molar-refractivity contribution in [1.29, 1.82) is 0 Å². The van der Waals surface area contributed by atoms with Gasteiger partial charge in [0.25, 0.3) is 0 Å². The highest BCUT2D eigenvalue weighted by atomic mass is 35.5. The van der Waals surface area contributed by atoms with E-state index >= 15 is 0 Å². The van der Waals surface area contributed by atoms with Gasteiger partial charge in [0, 0.05) is 15.6 Å². The average Bonchev–Trinajstić information content (AvgIpc) is 3.08. The van der Waals surface area contributed by atoms with Crippen molar-refractivity contribution in [2.24, 2.45) is 0 Å². The minimum Gasteiger partial charge on any atom is -0.350 e. The molecule has 0 aliphatic carbocycles. The van der Waals surface area contributed by atoms with Crippen molar-refractivity contribution in [3.8, 4) is 0 Å². The summed E-state index contributed by atoms with van der Waals surface area (Å²) in [4.78, 5) is 3.93. The van der Waals surface area contributed by atoms with Gasteiger partial charge in [-0.25, -0.2) is 18.1 Å². The molecule has 130 valence electrons. The maximum absolute atomic E-state index is 12.1. The summed E-state index contributed by atoms with van der Waals surface area (Å²) < 4.78 is 33.0. The number of aromatic nitrogens is 3. The number of sulfonamides is 1. The maximum atomic E-state index is 12.1. The van der Waals surface area contributed by atoms with Crippen LogP contribution in [0.4, 0.5) is 0 Å². The molecule has 0 bridgehead atoms. The summed E-state index contributed by atoms with van der Waals surface area (Å²) in [6.07, 6.45) is 4.11. The lowest BCUT2D eigenvalue weighted by Crippen LogP contribution is -2.46. The van der Waals surface area contributed by atoms with E-state index in [4.69, 9.17) is 27.9 Å². The first-order valence-electron chi connectivity index (χ1n) is 7.13. The average molecular weight is 391 g/mol. The number of halogens is 2. The number of nitrogens with zero attached hydrogens (tertiary/aromatic N) is 4. The molecular formula is C14H16Cl2N4O3S. The standard InChI is InChI=1S/C14H16Cl2N4O3S/c1-10-14(6-19-8-17-7-18-19,23-9-20(10)24(2,21)22)12-4-3-11(15)5-13(12)16/h3-5,7-8,10H,6,9H2,1-2H3. The fourth-order valence-electron chi connectivity index (χ4n) is 2.98. The molecule has 2 atom stereocenters. The van der Waals surface area contributed by atoms with Crippen LogP contribution in [0.3, 0.4) is 0 Å². The third-order valence-electron chi connectivity index (χ3n) is 4.23. The van der Waals surface area contributed by atoms with Gasteiger partial charge in [0.2, 0.25) is 10.0 Å².